The molecule has 0 bridgehead atoms. The molecule has 0 aliphatic heterocycles. The van der Waals surface area contributed by atoms with Crippen LogP contribution in [0.1, 0.15) is 18.1 Å². The minimum Gasteiger partial charge on any atom is -0.324 e. The normalized spacial score (nSPS) is 11.8. The van der Waals surface area contributed by atoms with Crippen LogP contribution in [0.25, 0.3) is 11.1 Å². The summed E-state index contributed by atoms with van der Waals surface area (Å²) in [6.07, 6.45) is 1.76. The Bertz CT molecular complexity index is 1440. The minimum atomic E-state index is -3.50. The van der Waals surface area contributed by atoms with Gasteiger partial charge in [-0.3, -0.25) is 5.43 Å². The van der Waals surface area contributed by atoms with Crippen molar-refractivity contribution in [2.45, 2.75) is 18.7 Å². The Morgan fingerprint density at radius 2 is 1.60 bits per heavy atom. The van der Waals surface area contributed by atoms with Gasteiger partial charge in [0.2, 0.25) is 16.0 Å². The van der Waals surface area contributed by atoms with E-state index in [4.69, 9.17) is 0 Å². The number of rotatable bonds is 8. The highest BCUT2D eigenvalue weighted by atomic mass is 32.2. The first kappa shape index (κ1) is 24.1. The molecule has 0 saturated carbocycles. The summed E-state index contributed by atoms with van der Waals surface area (Å²) in [6, 6.07) is 24.3. The molecule has 178 valence electrons. The molecule has 0 aliphatic rings. The lowest BCUT2D eigenvalue weighted by Crippen LogP contribution is -2.18. The lowest BCUT2D eigenvalue weighted by molar-refractivity contribution is 0.588. The molecule has 3 N–H and O–H groups in total. The maximum Gasteiger partial charge on any atom is 0.240 e. The number of hydrogen-bond donors (Lipinski definition) is 3. The van der Waals surface area contributed by atoms with Crippen LogP contribution in [0.2, 0.25) is 0 Å². The number of sulfonamides is 1. The van der Waals surface area contributed by atoms with Crippen molar-refractivity contribution in [3.05, 3.63) is 96.2 Å². The third-order valence-corrected chi connectivity index (χ3v) is 6.79. The fourth-order valence-electron chi connectivity index (χ4n) is 3.32. The molecule has 0 fully saturated rings. The van der Waals surface area contributed by atoms with Gasteiger partial charge in [0.1, 0.15) is 0 Å². The van der Waals surface area contributed by atoms with Crippen molar-refractivity contribution in [1.82, 2.24) is 14.7 Å². The molecule has 0 amide bonds. The molecule has 0 spiro atoms. The minimum absolute atomic E-state index is 0.193. The lowest BCUT2D eigenvalue weighted by atomic mass is 10.1. The van der Waals surface area contributed by atoms with Crippen LogP contribution in [0.5, 0.6) is 0 Å². The average Bonchev–Trinajstić information content (AvgIpc) is 2.88. The predicted octanol–water partition coefficient (Wildman–Crippen LogP) is 4.94. The second kappa shape index (κ2) is 10.5. The summed E-state index contributed by atoms with van der Waals surface area (Å²) >= 11 is 0. The van der Waals surface area contributed by atoms with E-state index in [9.17, 15) is 8.42 Å². The van der Waals surface area contributed by atoms with Gasteiger partial charge in [0.15, 0.2) is 5.82 Å². The van der Waals surface area contributed by atoms with Gasteiger partial charge < -0.3 is 5.32 Å². The highest BCUT2D eigenvalue weighted by molar-refractivity contribution is 7.89. The average molecular weight is 487 g/mol. The number of nitrogens with one attached hydrogen (secondary N) is 3. The quantitative estimate of drug-likeness (QED) is 0.240. The number of para-hydroxylation sites is 1. The zero-order chi connectivity index (χ0) is 24.8. The van der Waals surface area contributed by atoms with Gasteiger partial charge in [-0.15, -0.1) is 0 Å². The van der Waals surface area contributed by atoms with Crippen molar-refractivity contribution in [2.24, 2.45) is 5.10 Å². The van der Waals surface area contributed by atoms with Crippen LogP contribution in [-0.4, -0.2) is 31.1 Å². The zero-order valence-electron chi connectivity index (χ0n) is 19.6. The van der Waals surface area contributed by atoms with Crippen LogP contribution in [0, 0.1) is 6.92 Å². The Hall–Kier alpha value is -4.08. The number of aryl methyl sites for hydroxylation is 1. The molecule has 0 saturated heterocycles. The molecule has 4 rings (SSSR count). The molecular weight excluding hydrogens is 460 g/mol. The predicted molar refractivity (Wildman–Crippen MR) is 140 cm³/mol. The van der Waals surface area contributed by atoms with Crippen LogP contribution in [-0.2, 0) is 10.0 Å². The van der Waals surface area contributed by atoms with Crippen LogP contribution in [0.15, 0.2) is 95.1 Å². The SMILES string of the molecule is CNS(=O)(=O)c1ccc(C(C)=NNc2nc(Nc3ccccc3)ncc2-c2ccc(C)cc2)cc1. The Balaban J connectivity index is 1.64. The Morgan fingerprint density at radius 1 is 0.914 bits per heavy atom. The van der Waals surface area contributed by atoms with E-state index >= 15 is 0 Å². The third-order valence-electron chi connectivity index (χ3n) is 5.36. The first-order valence-electron chi connectivity index (χ1n) is 11.0. The molecule has 1 heterocycles. The van der Waals surface area contributed by atoms with Crippen molar-refractivity contribution < 1.29 is 8.42 Å². The molecular formula is C26H26N6O2S. The van der Waals surface area contributed by atoms with Gasteiger partial charge in [0.05, 0.1) is 10.6 Å². The van der Waals surface area contributed by atoms with Crippen molar-refractivity contribution >= 4 is 33.2 Å². The summed E-state index contributed by atoms with van der Waals surface area (Å²) in [4.78, 5) is 9.34. The Morgan fingerprint density at radius 3 is 2.26 bits per heavy atom. The largest absolute Gasteiger partial charge is 0.324 e. The van der Waals surface area contributed by atoms with Crippen LogP contribution in [0.3, 0.4) is 0 Å². The summed E-state index contributed by atoms with van der Waals surface area (Å²) in [5.74, 6) is 0.972. The number of anilines is 3. The smallest absolute Gasteiger partial charge is 0.240 e. The second-order valence-corrected chi connectivity index (χ2v) is 9.74. The van der Waals surface area contributed by atoms with E-state index in [1.54, 1.807) is 30.5 Å². The van der Waals surface area contributed by atoms with Crippen molar-refractivity contribution in [3.63, 3.8) is 0 Å². The van der Waals surface area contributed by atoms with E-state index in [-0.39, 0.29) is 4.90 Å². The lowest BCUT2D eigenvalue weighted by Gasteiger charge is -2.12. The molecule has 0 aliphatic carbocycles. The first-order chi connectivity index (χ1) is 16.9. The molecule has 35 heavy (non-hydrogen) atoms. The monoisotopic (exact) mass is 486 g/mol. The highest BCUT2D eigenvalue weighted by Crippen LogP contribution is 2.28. The molecule has 1 aromatic heterocycles. The highest BCUT2D eigenvalue weighted by Gasteiger charge is 2.12. The number of aromatic nitrogens is 2. The summed E-state index contributed by atoms with van der Waals surface area (Å²) in [5.41, 5.74) is 8.31. The Kier molecular flexibility index (Phi) is 7.19. The maximum atomic E-state index is 12.0. The van der Waals surface area contributed by atoms with E-state index < -0.39 is 10.0 Å². The molecule has 8 nitrogen and oxygen atoms in total. The van der Waals surface area contributed by atoms with Gasteiger partial charge in [0, 0.05) is 17.4 Å². The van der Waals surface area contributed by atoms with Gasteiger partial charge in [-0.2, -0.15) is 10.1 Å². The fourth-order valence-corrected chi connectivity index (χ4v) is 4.05. The van der Waals surface area contributed by atoms with Gasteiger partial charge in [-0.05, 0) is 56.3 Å². The Labute approximate surface area is 205 Å². The van der Waals surface area contributed by atoms with Gasteiger partial charge in [-0.25, -0.2) is 18.1 Å². The number of hydrogen-bond acceptors (Lipinski definition) is 7. The van der Waals surface area contributed by atoms with Gasteiger partial charge in [0.25, 0.3) is 0 Å². The number of hydrazone groups is 1. The number of benzene rings is 3. The molecule has 3 aromatic carbocycles. The molecule has 0 atom stereocenters. The van der Waals surface area contributed by atoms with Crippen LogP contribution in [0.4, 0.5) is 17.5 Å². The van der Waals surface area contributed by atoms with E-state index in [0.29, 0.717) is 17.5 Å². The van der Waals surface area contributed by atoms with E-state index in [1.807, 2.05) is 68.4 Å². The van der Waals surface area contributed by atoms with Crippen LogP contribution < -0.4 is 15.5 Å². The summed E-state index contributed by atoms with van der Waals surface area (Å²) in [5, 5.41) is 7.72. The van der Waals surface area contributed by atoms with Gasteiger partial charge >= 0.3 is 0 Å². The molecule has 9 heteroatoms. The van der Waals surface area contributed by atoms with E-state index in [2.05, 4.69) is 30.5 Å². The van der Waals surface area contributed by atoms with Crippen LogP contribution >= 0.6 is 0 Å². The molecule has 0 unspecified atom stereocenters. The van der Waals surface area contributed by atoms with Crippen molar-refractivity contribution in [2.75, 3.05) is 17.8 Å². The zero-order valence-corrected chi connectivity index (χ0v) is 20.5. The fraction of sp³-hybridized carbons (Fsp3) is 0.115. The first-order valence-corrected chi connectivity index (χ1v) is 12.4. The molecule has 0 radical (unpaired) electrons. The summed E-state index contributed by atoms with van der Waals surface area (Å²) in [6.45, 7) is 3.87. The van der Waals surface area contributed by atoms with E-state index in [0.717, 1.165) is 27.9 Å². The maximum absolute atomic E-state index is 12.0. The molecule has 4 aromatic rings. The summed E-state index contributed by atoms with van der Waals surface area (Å²) < 4.78 is 26.3. The second-order valence-electron chi connectivity index (χ2n) is 7.85. The third kappa shape index (κ3) is 5.89. The van der Waals surface area contributed by atoms with Crippen molar-refractivity contribution in [1.29, 1.82) is 0 Å². The number of nitrogens with zero attached hydrogens (tertiary/aromatic N) is 3. The topological polar surface area (TPSA) is 108 Å². The standard InChI is InChI=1S/C26H26N6O2S/c1-18-9-11-21(12-10-18)24-17-28-26(29-22-7-5-4-6-8-22)30-25(24)32-31-19(2)20-13-15-23(16-14-20)35(33,34)27-3/h4-17,27H,1-3H3,(H2,28,29,30,32). The van der Waals surface area contributed by atoms with E-state index in [1.165, 1.54) is 7.05 Å². The van der Waals surface area contributed by atoms with Crippen molar-refractivity contribution in [3.8, 4) is 11.1 Å². The summed E-state index contributed by atoms with van der Waals surface area (Å²) in [7, 11) is -2.11. The van der Waals surface area contributed by atoms with Gasteiger partial charge in [-0.1, -0.05) is 60.2 Å².